The van der Waals surface area contributed by atoms with Gasteiger partial charge in [0.05, 0.1) is 21.3 Å². The topological polar surface area (TPSA) is 44.8 Å². The summed E-state index contributed by atoms with van der Waals surface area (Å²) in [6, 6.07) is 8.85. The van der Waals surface area contributed by atoms with Crippen LogP contribution in [0.5, 0.6) is 17.2 Å². The fourth-order valence-electron chi connectivity index (χ4n) is 2.18. The van der Waals surface area contributed by atoms with E-state index >= 15 is 0 Å². The van der Waals surface area contributed by atoms with Crippen molar-refractivity contribution in [2.45, 2.75) is 6.92 Å². The molecule has 0 radical (unpaired) electrons. The molecule has 0 heterocycles. The Morgan fingerprint density at radius 2 is 1.55 bits per heavy atom. The molecule has 0 N–H and O–H groups in total. The van der Waals surface area contributed by atoms with E-state index in [-0.39, 0.29) is 5.78 Å². The Bertz CT molecular complexity index is 710. The number of hydrogen-bond acceptors (Lipinski definition) is 4. The van der Waals surface area contributed by atoms with Crippen molar-refractivity contribution in [1.82, 2.24) is 0 Å². The summed E-state index contributed by atoms with van der Waals surface area (Å²) in [7, 11) is 4.71. The summed E-state index contributed by atoms with van der Waals surface area (Å²) < 4.78 is 16.6. The van der Waals surface area contributed by atoms with Crippen molar-refractivity contribution in [1.29, 1.82) is 0 Å². The summed E-state index contributed by atoms with van der Waals surface area (Å²) in [6.45, 7) is 1.95. The van der Waals surface area contributed by atoms with Gasteiger partial charge < -0.3 is 14.2 Å². The number of rotatable bonds is 5. The van der Waals surface area contributed by atoms with E-state index in [1.807, 2.05) is 13.0 Å². The molecule has 0 spiro atoms. The molecule has 116 valence electrons. The highest BCUT2D eigenvalue weighted by atomic mass is 127. The zero-order valence-corrected chi connectivity index (χ0v) is 15.1. The molecule has 0 amide bonds. The van der Waals surface area contributed by atoms with Gasteiger partial charge in [-0.1, -0.05) is 0 Å². The van der Waals surface area contributed by atoms with Crippen LogP contribution in [-0.4, -0.2) is 27.1 Å². The van der Waals surface area contributed by atoms with Crippen LogP contribution in [0.15, 0.2) is 30.3 Å². The Morgan fingerprint density at radius 1 is 0.909 bits per heavy atom. The number of carbonyl (C=O) groups excluding carboxylic acids is 1. The molecule has 0 aliphatic carbocycles. The highest BCUT2D eigenvalue weighted by molar-refractivity contribution is 14.1. The largest absolute Gasteiger partial charge is 0.496 e. The zero-order valence-electron chi connectivity index (χ0n) is 12.9. The maximum absolute atomic E-state index is 12.8. The van der Waals surface area contributed by atoms with Crippen molar-refractivity contribution in [2.75, 3.05) is 21.3 Å². The van der Waals surface area contributed by atoms with E-state index in [0.29, 0.717) is 28.4 Å². The number of ether oxygens (including phenoxy) is 3. The molecule has 0 bridgehead atoms. The van der Waals surface area contributed by atoms with E-state index in [9.17, 15) is 4.79 Å². The molecule has 0 atom stereocenters. The Morgan fingerprint density at radius 3 is 2.14 bits per heavy atom. The highest BCUT2D eigenvalue weighted by Gasteiger charge is 2.17. The molecule has 5 heteroatoms. The molecule has 2 aromatic carbocycles. The first-order valence-electron chi connectivity index (χ1n) is 6.62. The molecular formula is C17H17IO4. The van der Waals surface area contributed by atoms with Crippen LogP contribution >= 0.6 is 22.6 Å². The minimum Gasteiger partial charge on any atom is -0.496 e. The van der Waals surface area contributed by atoms with Crippen LogP contribution in [0.1, 0.15) is 21.5 Å². The maximum atomic E-state index is 12.8. The lowest BCUT2D eigenvalue weighted by atomic mass is 10.0. The predicted octanol–water partition coefficient (Wildman–Crippen LogP) is 3.86. The van der Waals surface area contributed by atoms with Gasteiger partial charge in [-0.05, 0) is 65.4 Å². The fourth-order valence-corrected chi connectivity index (χ4v) is 3.05. The van der Waals surface area contributed by atoms with E-state index in [2.05, 4.69) is 22.6 Å². The average Bonchev–Trinajstić information content (AvgIpc) is 2.53. The lowest BCUT2D eigenvalue weighted by Gasteiger charge is -2.12. The van der Waals surface area contributed by atoms with E-state index in [1.54, 1.807) is 45.6 Å². The third kappa shape index (κ3) is 3.19. The molecule has 22 heavy (non-hydrogen) atoms. The standard InChI is InChI=1S/C17H17IO4/c1-10-7-13(18)12(9-15(10)21-3)17(19)11-5-6-14(20-2)16(8-11)22-4/h5-9H,1-4H3. The monoisotopic (exact) mass is 412 g/mol. The van der Waals surface area contributed by atoms with Gasteiger partial charge in [0.25, 0.3) is 0 Å². The van der Waals surface area contributed by atoms with Crippen molar-refractivity contribution in [2.24, 2.45) is 0 Å². The molecule has 0 saturated heterocycles. The number of benzene rings is 2. The maximum Gasteiger partial charge on any atom is 0.194 e. The van der Waals surface area contributed by atoms with Gasteiger partial charge in [-0.3, -0.25) is 4.79 Å². The number of ketones is 1. The summed E-state index contributed by atoms with van der Waals surface area (Å²) in [5, 5.41) is 0. The molecule has 2 aromatic rings. The molecular weight excluding hydrogens is 395 g/mol. The Hall–Kier alpha value is -1.76. The zero-order chi connectivity index (χ0) is 16.3. The summed E-state index contributed by atoms with van der Waals surface area (Å²) in [5.41, 5.74) is 2.15. The van der Waals surface area contributed by atoms with Gasteiger partial charge in [-0.15, -0.1) is 0 Å². The first kappa shape index (κ1) is 16.6. The number of aryl methyl sites for hydroxylation is 1. The van der Waals surface area contributed by atoms with Gasteiger partial charge >= 0.3 is 0 Å². The third-order valence-corrected chi connectivity index (χ3v) is 4.27. The van der Waals surface area contributed by atoms with Crippen LogP contribution in [0.3, 0.4) is 0 Å². The second-order valence-corrected chi connectivity index (χ2v) is 5.86. The number of hydrogen-bond donors (Lipinski definition) is 0. The molecule has 0 fully saturated rings. The first-order valence-corrected chi connectivity index (χ1v) is 7.70. The lowest BCUT2D eigenvalue weighted by molar-refractivity contribution is 0.103. The van der Waals surface area contributed by atoms with Crippen molar-refractivity contribution in [3.63, 3.8) is 0 Å². The van der Waals surface area contributed by atoms with E-state index < -0.39 is 0 Å². The van der Waals surface area contributed by atoms with E-state index in [1.165, 1.54) is 0 Å². The summed E-state index contributed by atoms with van der Waals surface area (Å²) in [6.07, 6.45) is 0. The number of carbonyl (C=O) groups is 1. The van der Waals surface area contributed by atoms with Gasteiger partial charge in [-0.2, -0.15) is 0 Å². The Kier molecular flexibility index (Phi) is 5.28. The molecule has 0 aliphatic heterocycles. The average molecular weight is 412 g/mol. The van der Waals surface area contributed by atoms with Gasteiger partial charge in [0.2, 0.25) is 0 Å². The van der Waals surface area contributed by atoms with Crippen molar-refractivity contribution in [3.8, 4) is 17.2 Å². The third-order valence-electron chi connectivity index (χ3n) is 3.37. The van der Waals surface area contributed by atoms with Crippen LogP contribution < -0.4 is 14.2 Å². The van der Waals surface area contributed by atoms with Crippen molar-refractivity contribution < 1.29 is 19.0 Å². The van der Waals surface area contributed by atoms with Crippen molar-refractivity contribution >= 4 is 28.4 Å². The number of halogens is 1. The van der Waals surface area contributed by atoms with Gasteiger partial charge in [0, 0.05) is 14.7 Å². The first-order chi connectivity index (χ1) is 10.5. The molecule has 0 aromatic heterocycles. The molecule has 4 nitrogen and oxygen atoms in total. The van der Waals surface area contributed by atoms with E-state index in [0.717, 1.165) is 9.13 Å². The van der Waals surface area contributed by atoms with Gasteiger partial charge in [-0.25, -0.2) is 0 Å². The predicted molar refractivity (Wildman–Crippen MR) is 93.4 cm³/mol. The molecule has 0 saturated carbocycles. The van der Waals surface area contributed by atoms with Crippen LogP contribution in [0, 0.1) is 10.5 Å². The van der Waals surface area contributed by atoms with Crippen LogP contribution in [0.25, 0.3) is 0 Å². The number of methoxy groups -OCH3 is 3. The normalized spacial score (nSPS) is 10.2. The van der Waals surface area contributed by atoms with Crippen LogP contribution in [0.4, 0.5) is 0 Å². The van der Waals surface area contributed by atoms with Gasteiger partial charge in [0.15, 0.2) is 17.3 Å². The molecule has 2 rings (SSSR count). The minimum absolute atomic E-state index is 0.0800. The van der Waals surface area contributed by atoms with E-state index in [4.69, 9.17) is 14.2 Å². The van der Waals surface area contributed by atoms with Crippen LogP contribution in [-0.2, 0) is 0 Å². The second kappa shape index (κ2) is 7.00. The van der Waals surface area contributed by atoms with Gasteiger partial charge in [0.1, 0.15) is 5.75 Å². The second-order valence-electron chi connectivity index (χ2n) is 4.70. The smallest absolute Gasteiger partial charge is 0.194 e. The summed E-state index contributed by atoms with van der Waals surface area (Å²) >= 11 is 2.16. The summed E-state index contributed by atoms with van der Waals surface area (Å²) in [4.78, 5) is 12.8. The quantitative estimate of drug-likeness (QED) is 0.553. The molecule has 0 unspecified atom stereocenters. The Balaban J connectivity index is 2.48. The van der Waals surface area contributed by atoms with Crippen LogP contribution in [0.2, 0.25) is 0 Å². The minimum atomic E-state index is -0.0800. The Labute approximate surface area is 143 Å². The SMILES string of the molecule is COc1cc(C(=O)c2ccc(OC)c(OC)c2)c(I)cc1C. The molecule has 0 aliphatic rings. The van der Waals surface area contributed by atoms with Crippen molar-refractivity contribution in [3.05, 3.63) is 50.6 Å². The fraction of sp³-hybridized carbons (Fsp3) is 0.235. The highest BCUT2D eigenvalue weighted by Crippen LogP contribution is 2.30. The summed E-state index contributed by atoms with van der Waals surface area (Å²) in [5.74, 6) is 1.74. The lowest BCUT2D eigenvalue weighted by Crippen LogP contribution is -2.06.